The molecule has 1 fully saturated rings. The molecule has 0 amide bonds. The third kappa shape index (κ3) is 1.91. The van der Waals surface area contributed by atoms with Crippen molar-refractivity contribution in [2.24, 2.45) is 0 Å². The molecule has 0 spiro atoms. The molecule has 106 valence electrons. The fourth-order valence-corrected chi connectivity index (χ4v) is 3.20. The summed E-state index contributed by atoms with van der Waals surface area (Å²) in [5.41, 5.74) is 0.0591. The molecule has 2 unspecified atom stereocenters. The summed E-state index contributed by atoms with van der Waals surface area (Å²) < 4.78 is 5.88. The average molecular weight is 273 g/mol. The standard InChI is InChI=1S/C16H19NO3/c1-11(17-9-5-8-16(17,2)15(18)19)14-10-12-6-3-4-7-13(12)20-14/h3-4,6-7,10-11H,5,8-9H2,1-2H3,(H,18,19). The number of aliphatic carboxylic acids is 1. The van der Waals surface area contributed by atoms with Gasteiger partial charge in [0.2, 0.25) is 0 Å². The Kier molecular flexibility index (Phi) is 3.05. The van der Waals surface area contributed by atoms with E-state index in [0.29, 0.717) is 6.42 Å². The highest BCUT2D eigenvalue weighted by Crippen LogP contribution is 2.38. The van der Waals surface area contributed by atoms with Crippen LogP contribution < -0.4 is 0 Å². The van der Waals surface area contributed by atoms with Crippen molar-refractivity contribution in [3.63, 3.8) is 0 Å². The number of carbonyl (C=O) groups is 1. The van der Waals surface area contributed by atoms with E-state index in [1.165, 1.54) is 0 Å². The van der Waals surface area contributed by atoms with Crippen molar-refractivity contribution >= 4 is 16.9 Å². The first kappa shape index (κ1) is 13.2. The number of furan rings is 1. The Hall–Kier alpha value is -1.81. The van der Waals surface area contributed by atoms with E-state index in [0.717, 1.165) is 29.7 Å². The molecule has 2 aromatic rings. The van der Waals surface area contributed by atoms with Crippen LogP contribution in [0.3, 0.4) is 0 Å². The van der Waals surface area contributed by atoms with Gasteiger partial charge in [-0.2, -0.15) is 0 Å². The van der Waals surface area contributed by atoms with Crippen molar-refractivity contribution in [1.82, 2.24) is 4.90 Å². The van der Waals surface area contributed by atoms with Gasteiger partial charge in [-0.25, -0.2) is 0 Å². The summed E-state index contributed by atoms with van der Waals surface area (Å²) in [7, 11) is 0. The molecule has 0 bridgehead atoms. The van der Waals surface area contributed by atoms with Crippen LogP contribution in [0.25, 0.3) is 11.0 Å². The molecule has 1 saturated heterocycles. The van der Waals surface area contributed by atoms with Gasteiger partial charge in [0.05, 0.1) is 6.04 Å². The summed E-state index contributed by atoms with van der Waals surface area (Å²) in [5.74, 6) is 0.0820. The maximum absolute atomic E-state index is 11.6. The molecule has 2 atom stereocenters. The van der Waals surface area contributed by atoms with Crippen LogP contribution in [0.15, 0.2) is 34.7 Å². The third-order valence-electron chi connectivity index (χ3n) is 4.48. The fourth-order valence-electron chi connectivity index (χ4n) is 3.20. The number of hydrogen-bond donors (Lipinski definition) is 1. The van der Waals surface area contributed by atoms with Gasteiger partial charge >= 0.3 is 5.97 Å². The van der Waals surface area contributed by atoms with Crippen molar-refractivity contribution in [1.29, 1.82) is 0 Å². The van der Waals surface area contributed by atoms with Crippen LogP contribution >= 0.6 is 0 Å². The third-order valence-corrected chi connectivity index (χ3v) is 4.48. The number of hydrogen-bond acceptors (Lipinski definition) is 3. The van der Waals surface area contributed by atoms with Gasteiger partial charge in [-0.15, -0.1) is 0 Å². The fraction of sp³-hybridized carbons (Fsp3) is 0.438. The van der Waals surface area contributed by atoms with Crippen LogP contribution in [0.1, 0.15) is 38.5 Å². The van der Waals surface area contributed by atoms with Gasteiger partial charge in [0.15, 0.2) is 0 Å². The van der Waals surface area contributed by atoms with Gasteiger partial charge < -0.3 is 9.52 Å². The largest absolute Gasteiger partial charge is 0.480 e. The molecule has 1 aliphatic heterocycles. The molecule has 1 aromatic heterocycles. The second kappa shape index (κ2) is 4.63. The summed E-state index contributed by atoms with van der Waals surface area (Å²) >= 11 is 0. The number of nitrogens with zero attached hydrogens (tertiary/aromatic N) is 1. The van der Waals surface area contributed by atoms with Crippen LogP contribution in [-0.2, 0) is 4.79 Å². The molecule has 2 heterocycles. The van der Waals surface area contributed by atoms with E-state index >= 15 is 0 Å². The first-order valence-electron chi connectivity index (χ1n) is 7.01. The lowest BCUT2D eigenvalue weighted by atomic mass is 9.97. The monoisotopic (exact) mass is 273 g/mol. The van der Waals surface area contributed by atoms with E-state index in [1.54, 1.807) is 0 Å². The maximum Gasteiger partial charge on any atom is 0.323 e. The van der Waals surface area contributed by atoms with Crippen LogP contribution in [-0.4, -0.2) is 28.1 Å². The van der Waals surface area contributed by atoms with Crippen LogP contribution in [0.5, 0.6) is 0 Å². The average Bonchev–Trinajstić information content (AvgIpc) is 3.02. The Labute approximate surface area is 118 Å². The summed E-state index contributed by atoms with van der Waals surface area (Å²) in [6.45, 7) is 4.62. The highest BCUT2D eigenvalue weighted by atomic mass is 16.4. The SMILES string of the molecule is CC(c1cc2ccccc2o1)N1CCCC1(C)C(=O)O. The van der Waals surface area contributed by atoms with Gasteiger partial charge in [0, 0.05) is 11.9 Å². The molecule has 1 aliphatic rings. The molecule has 4 nitrogen and oxygen atoms in total. The number of fused-ring (bicyclic) bond motifs is 1. The normalized spacial score (nSPS) is 25.1. The molecule has 0 aliphatic carbocycles. The lowest BCUT2D eigenvalue weighted by molar-refractivity contribution is -0.150. The summed E-state index contributed by atoms with van der Waals surface area (Å²) in [5, 5.41) is 10.6. The summed E-state index contributed by atoms with van der Waals surface area (Å²) in [4.78, 5) is 13.6. The number of para-hydroxylation sites is 1. The molecular formula is C16H19NO3. The van der Waals surface area contributed by atoms with Gasteiger partial charge in [-0.3, -0.25) is 9.69 Å². The molecule has 0 radical (unpaired) electrons. The molecule has 20 heavy (non-hydrogen) atoms. The summed E-state index contributed by atoms with van der Waals surface area (Å²) in [6, 6.07) is 9.84. The predicted molar refractivity (Wildman–Crippen MR) is 76.6 cm³/mol. The van der Waals surface area contributed by atoms with E-state index in [1.807, 2.05) is 49.1 Å². The Morgan fingerprint density at radius 2 is 2.20 bits per heavy atom. The van der Waals surface area contributed by atoms with Crippen molar-refractivity contribution in [3.8, 4) is 0 Å². The lowest BCUT2D eigenvalue weighted by Gasteiger charge is -2.35. The second-order valence-electron chi connectivity index (χ2n) is 5.74. The minimum Gasteiger partial charge on any atom is -0.480 e. The minimum absolute atomic E-state index is 0.0361. The number of carboxylic acid groups (broad SMARTS) is 1. The summed E-state index contributed by atoms with van der Waals surface area (Å²) in [6.07, 6.45) is 1.60. The van der Waals surface area contributed by atoms with E-state index in [-0.39, 0.29) is 6.04 Å². The Morgan fingerprint density at radius 1 is 1.45 bits per heavy atom. The van der Waals surface area contributed by atoms with Crippen LogP contribution in [0.4, 0.5) is 0 Å². The van der Waals surface area contributed by atoms with Crippen molar-refractivity contribution in [3.05, 3.63) is 36.1 Å². The molecule has 0 saturated carbocycles. The Morgan fingerprint density at radius 3 is 2.90 bits per heavy atom. The highest BCUT2D eigenvalue weighted by Gasteiger charge is 2.46. The van der Waals surface area contributed by atoms with E-state index < -0.39 is 11.5 Å². The van der Waals surface area contributed by atoms with Gasteiger partial charge in [0.1, 0.15) is 16.9 Å². The van der Waals surface area contributed by atoms with E-state index in [9.17, 15) is 9.90 Å². The van der Waals surface area contributed by atoms with E-state index in [4.69, 9.17) is 4.42 Å². The number of carboxylic acids is 1. The Bertz CT molecular complexity index is 615. The zero-order valence-corrected chi connectivity index (χ0v) is 11.8. The van der Waals surface area contributed by atoms with Crippen LogP contribution in [0, 0.1) is 0 Å². The first-order valence-corrected chi connectivity index (χ1v) is 7.01. The zero-order valence-electron chi connectivity index (χ0n) is 11.8. The topological polar surface area (TPSA) is 53.7 Å². The number of rotatable bonds is 3. The number of likely N-dealkylation sites (tertiary alicyclic amines) is 1. The quantitative estimate of drug-likeness (QED) is 0.930. The molecule has 1 N–H and O–H groups in total. The van der Waals surface area contributed by atoms with Crippen molar-refractivity contribution in [2.75, 3.05) is 6.54 Å². The predicted octanol–water partition coefficient (Wildman–Crippen LogP) is 3.43. The van der Waals surface area contributed by atoms with E-state index in [2.05, 4.69) is 0 Å². The van der Waals surface area contributed by atoms with Crippen molar-refractivity contribution in [2.45, 2.75) is 38.3 Å². The van der Waals surface area contributed by atoms with Crippen LogP contribution in [0.2, 0.25) is 0 Å². The smallest absolute Gasteiger partial charge is 0.323 e. The number of benzene rings is 1. The zero-order chi connectivity index (χ0) is 14.3. The molecule has 1 aromatic carbocycles. The highest BCUT2D eigenvalue weighted by molar-refractivity contribution is 5.79. The van der Waals surface area contributed by atoms with Gasteiger partial charge in [0.25, 0.3) is 0 Å². The Balaban J connectivity index is 1.95. The van der Waals surface area contributed by atoms with Gasteiger partial charge in [-0.05, 0) is 38.8 Å². The minimum atomic E-state index is -0.793. The van der Waals surface area contributed by atoms with Gasteiger partial charge in [-0.1, -0.05) is 18.2 Å². The second-order valence-corrected chi connectivity index (χ2v) is 5.74. The molecular weight excluding hydrogens is 254 g/mol. The molecule has 3 rings (SSSR count). The molecule has 4 heteroatoms. The van der Waals surface area contributed by atoms with Crippen molar-refractivity contribution < 1.29 is 14.3 Å². The first-order chi connectivity index (χ1) is 9.52. The maximum atomic E-state index is 11.6. The lowest BCUT2D eigenvalue weighted by Crippen LogP contribution is -2.48.